The molecule has 32 heavy (non-hydrogen) atoms. The number of carboxylic acids is 1. The van der Waals surface area contributed by atoms with E-state index in [-0.39, 0.29) is 24.5 Å². The summed E-state index contributed by atoms with van der Waals surface area (Å²) in [5.41, 5.74) is 4.23. The minimum atomic E-state index is -2.52. The zero-order valence-electron chi connectivity index (χ0n) is 18.3. The quantitative estimate of drug-likeness (QED) is 0.304. The van der Waals surface area contributed by atoms with E-state index in [0.717, 1.165) is 22.3 Å². The van der Waals surface area contributed by atoms with Gasteiger partial charge in [-0.2, -0.15) is 0 Å². The predicted molar refractivity (Wildman–Crippen MR) is 124 cm³/mol. The van der Waals surface area contributed by atoms with Gasteiger partial charge < -0.3 is 19.3 Å². The number of rotatable bonds is 11. The van der Waals surface area contributed by atoms with E-state index in [4.69, 9.17) is 9.63 Å². The smallest absolute Gasteiger partial charge is 0.305 e. The molecule has 0 aliphatic carbocycles. The van der Waals surface area contributed by atoms with Crippen LogP contribution in [0.3, 0.4) is 0 Å². The van der Waals surface area contributed by atoms with Gasteiger partial charge in [-0.1, -0.05) is 32.0 Å². The van der Waals surface area contributed by atoms with E-state index >= 15 is 0 Å². The van der Waals surface area contributed by atoms with Crippen molar-refractivity contribution in [1.29, 1.82) is 0 Å². The molecule has 0 aliphatic heterocycles. The molecule has 6 nitrogen and oxygen atoms in total. The summed E-state index contributed by atoms with van der Waals surface area (Å²) < 4.78 is 33.1. The fraction of sp³-hybridized carbons (Fsp3) is 0.375. The topological polar surface area (TPSA) is 88.8 Å². The highest BCUT2D eigenvalue weighted by atomic mass is 31.1. The summed E-state index contributed by atoms with van der Waals surface area (Å²) in [6.07, 6.45) is -0.526. The van der Waals surface area contributed by atoms with E-state index in [9.17, 15) is 18.9 Å². The number of aromatic nitrogens is 1. The van der Waals surface area contributed by atoms with Crippen LogP contribution in [-0.4, -0.2) is 39.6 Å². The lowest BCUT2D eigenvalue weighted by Crippen LogP contribution is -2.15. The molecule has 0 amide bonds. The Kier molecular flexibility index (Phi) is 8.24. The Labute approximate surface area is 187 Å². The summed E-state index contributed by atoms with van der Waals surface area (Å²) in [7, 11) is -2.52. The first kappa shape index (κ1) is 24.2. The molecule has 1 aromatic heterocycles. The highest BCUT2D eigenvalue weighted by Gasteiger charge is 2.20. The number of hydrogen-bond donors (Lipinski definition) is 2. The van der Waals surface area contributed by atoms with Crippen molar-refractivity contribution >= 4 is 24.9 Å². The van der Waals surface area contributed by atoms with Crippen LogP contribution in [0.4, 0.5) is 4.39 Å². The van der Waals surface area contributed by atoms with E-state index in [2.05, 4.69) is 24.5 Å². The zero-order valence-corrected chi connectivity index (χ0v) is 19.3. The number of para-hydroxylation sites is 1. The summed E-state index contributed by atoms with van der Waals surface area (Å²) in [6, 6.07) is 14.5. The zero-order chi connectivity index (χ0) is 23.3. The van der Waals surface area contributed by atoms with E-state index in [1.807, 2.05) is 18.2 Å². The van der Waals surface area contributed by atoms with Gasteiger partial charge in [0.05, 0.1) is 24.6 Å². The molecule has 3 aromatic rings. The van der Waals surface area contributed by atoms with Crippen molar-refractivity contribution in [1.82, 2.24) is 4.57 Å². The maximum atomic E-state index is 13.5. The van der Waals surface area contributed by atoms with Crippen molar-refractivity contribution < 1.29 is 28.5 Å². The molecule has 2 atom stereocenters. The molecule has 2 aromatic carbocycles. The number of carbonyl (C=O) groups is 1. The number of aliphatic hydroxyl groups is 1. The molecule has 0 radical (unpaired) electrons. The maximum Gasteiger partial charge on any atom is 0.305 e. The van der Waals surface area contributed by atoms with Gasteiger partial charge in [0.2, 0.25) is 0 Å². The second-order valence-electron chi connectivity index (χ2n) is 8.12. The van der Waals surface area contributed by atoms with E-state index in [1.54, 1.807) is 12.1 Å². The Morgan fingerprint density at radius 3 is 2.50 bits per heavy atom. The molecule has 0 fully saturated rings. The van der Waals surface area contributed by atoms with Crippen LogP contribution in [0, 0.1) is 5.82 Å². The Balaban J connectivity index is 1.80. The maximum absolute atomic E-state index is 13.5. The number of hydrogen-bond acceptors (Lipinski definition) is 4. The van der Waals surface area contributed by atoms with Crippen LogP contribution >= 0.6 is 8.03 Å². The van der Waals surface area contributed by atoms with Gasteiger partial charge in [0.25, 0.3) is 0 Å². The largest absolute Gasteiger partial charge is 0.481 e. The number of carboxylic acid groups (broad SMARTS) is 1. The molecule has 2 N–H and O–H groups in total. The Bertz CT molecular complexity index is 1090. The molecule has 172 valence electrons. The predicted octanol–water partition coefficient (Wildman–Crippen LogP) is 5.15. The van der Waals surface area contributed by atoms with Crippen LogP contribution < -0.4 is 0 Å². The Morgan fingerprint density at radius 2 is 1.84 bits per heavy atom. The SMILES string of the molecule is CC(C)c1c(CCCO[PH](=O)C[C@@H](O)CC(=O)O)n(-c2ccc(F)cc2)c2ccccc12. The number of aliphatic carboxylic acids is 1. The Hall–Kier alpha value is -2.47. The van der Waals surface area contributed by atoms with Crippen LogP contribution in [-0.2, 0) is 20.3 Å². The standard InChI is InChI=1S/C24H29FNO5P/c1-16(2)24-20-6-3-4-7-21(20)26(18-11-9-17(25)10-12-18)22(24)8-5-13-31-32(30)15-19(27)14-23(28)29/h3-4,6-7,9-12,16,19,27,32H,5,8,13-15H2,1-2H3,(H,28,29)/t19-/m0/s1. The monoisotopic (exact) mass is 461 g/mol. The van der Waals surface area contributed by atoms with Crippen LogP contribution in [0.25, 0.3) is 16.6 Å². The summed E-state index contributed by atoms with van der Waals surface area (Å²) >= 11 is 0. The van der Waals surface area contributed by atoms with Crippen LogP contribution in [0.5, 0.6) is 0 Å². The van der Waals surface area contributed by atoms with Crippen molar-refractivity contribution in [3.63, 3.8) is 0 Å². The van der Waals surface area contributed by atoms with Crippen molar-refractivity contribution in [3.05, 3.63) is 65.6 Å². The van der Waals surface area contributed by atoms with Gasteiger partial charge in [-0.05, 0) is 54.7 Å². The normalized spacial score (nSPS) is 13.5. The van der Waals surface area contributed by atoms with Gasteiger partial charge in [-0.3, -0.25) is 9.36 Å². The lowest BCUT2D eigenvalue weighted by molar-refractivity contribution is -0.138. The van der Waals surface area contributed by atoms with E-state index in [1.165, 1.54) is 17.7 Å². The second-order valence-corrected chi connectivity index (χ2v) is 9.56. The lowest BCUT2D eigenvalue weighted by atomic mass is 9.97. The molecule has 0 spiro atoms. The average molecular weight is 461 g/mol. The molecule has 0 aliphatic rings. The number of halogens is 1. The van der Waals surface area contributed by atoms with Crippen LogP contribution in [0.1, 0.15) is 43.9 Å². The first-order chi connectivity index (χ1) is 15.3. The fourth-order valence-corrected chi connectivity index (χ4v) is 5.06. The fourth-order valence-electron chi connectivity index (χ4n) is 4.04. The number of benzene rings is 2. The molecule has 3 rings (SSSR count). The van der Waals surface area contributed by atoms with Crippen molar-refractivity contribution in [3.8, 4) is 5.69 Å². The summed E-state index contributed by atoms with van der Waals surface area (Å²) in [5, 5.41) is 19.5. The molecule has 1 heterocycles. The van der Waals surface area contributed by atoms with E-state index in [0.29, 0.717) is 12.8 Å². The highest BCUT2D eigenvalue weighted by molar-refractivity contribution is 7.39. The van der Waals surface area contributed by atoms with Crippen molar-refractivity contribution in [2.45, 2.75) is 45.1 Å². The van der Waals surface area contributed by atoms with Gasteiger partial charge in [0.1, 0.15) is 5.82 Å². The molecule has 1 unspecified atom stereocenters. The molecular formula is C24H29FNO5P. The van der Waals surface area contributed by atoms with Gasteiger partial charge in [-0.25, -0.2) is 4.39 Å². The minimum absolute atomic E-state index is 0.163. The van der Waals surface area contributed by atoms with Crippen molar-refractivity contribution in [2.75, 3.05) is 12.8 Å². The summed E-state index contributed by atoms with van der Waals surface area (Å²) in [4.78, 5) is 10.6. The third-order valence-electron chi connectivity index (χ3n) is 5.31. The molecule has 0 saturated carbocycles. The third-order valence-corrected chi connectivity index (χ3v) is 6.64. The van der Waals surface area contributed by atoms with Crippen LogP contribution in [0.15, 0.2) is 48.5 Å². The van der Waals surface area contributed by atoms with Gasteiger partial charge >= 0.3 is 5.97 Å². The number of aliphatic hydroxyl groups excluding tert-OH is 1. The summed E-state index contributed by atoms with van der Waals surface area (Å²) in [5.74, 6) is -1.16. The minimum Gasteiger partial charge on any atom is -0.481 e. The number of fused-ring (bicyclic) bond motifs is 1. The third kappa shape index (κ3) is 5.85. The van der Waals surface area contributed by atoms with Crippen molar-refractivity contribution in [2.24, 2.45) is 0 Å². The second kappa shape index (κ2) is 10.9. The molecule has 8 heteroatoms. The summed E-state index contributed by atoms with van der Waals surface area (Å²) in [6.45, 7) is 4.51. The molecular weight excluding hydrogens is 432 g/mol. The lowest BCUT2D eigenvalue weighted by Gasteiger charge is -2.15. The van der Waals surface area contributed by atoms with Crippen LogP contribution in [0.2, 0.25) is 0 Å². The van der Waals surface area contributed by atoms with E-state index < -0.39 is 26.5 Å². The van der Waals surface area contributed by atoms with Gasteiger partial charge in [0.15, 0.2) is 8.03 Å². The molecule has 0 saturated heterocycles. The first-order valence-corrected chi connectivity index (χ1v) is 12.2. The van der Waals surface area contributed by atoms with Gasteiger partial charge in [-0.15, -0.1) is 0 Å². The van der Waals surface area contributed by atoms with Gasteiger partial charge in [0, 0.05) is 22.9 Å². The number of nitrogens with zero attached hydrogens (tertiary/aromatic N) is 1. The first-order valence-electron chi connectivity index (χ1n) is 10.7. The highest BCUT2D eigenvalue weighted by Crippen LogP contribution is 2.35. The Morgan fingerprint density at radius 1 is 1.16 bits per heavy atom. The molecule has 0 bridgehead atoms. The average Bonchev–Trinajstić information content (AvgIpc) is 3.05.